The normalized spacial score (nSPS) is 24.4. The third-order valence-electron chi connectivity index (χ3n) is 3.48. The molecule has 1 fully saturated rings. The average molecular weight is 300 g/mol. The lowest BCUT2D eigenvalue weighted by Gasteiger charge is -2.17. The molecule has 0 bridgehead atoms. The highest BCUT2D eigenvalue weighted by molar-refractivity contribution is 7.89. The summed E-state index contributed by atoms with van der Waals surface area (Å²) >= 11 is 0. The zero-order chi connectivity index (χ0) is 14.8. The van der Waals surface area contributed by atoms with Crippen molar-refractivity contribution in [3.8, 4) is 0 Å². The Morgan fingerprint density at radius 2 is 2.00 bits per heavy atom. The van der Waals surface area contributed by atoms with Crippen LogP contribution in [0, 0.1) is 5.92 Å². The Morgan fingerprint density at radius 1 is 1.35 bits per heavy atom. The Bertz CT molecular complexity index is 535. The van der Waals surface area contributed by atoms with Gasteiger partial charge in [-0.25, -0.2) is 22.7 Å². The maximum atomic E-state index is 11.9. The number of aliphatic hydroxyl groups excluding tert-OH is 1. The lowest BCUT2D eigenvalue weighted by Crippen LogP contribution is -2.33. The second-order valence-corrected chi connectivity index (χ2v) is 7.56. The predicted octanol–water partition coefficient (Wildman–Crippen LogP) is -0.839. The molecule has 0 unspecified atom stereocenters. The maximum Gasteiger partial charge on any atom is 0.214 e. The predicted molar refractivity (Wildman–Crippen MR) is 74.3 cm³/mol. The number of sulfonamides is 1. The van der Waals surface area contributed by atoms with Gasteiger partial charge in [0.2, 0.25) is 10.0 Å². The minimum Gasteiger partial charge on any atom is -0.391 e. The summed E-state index contributed by atoms with van der Waals surface area (Å²) in [5.74, 6) is -0.282. The van der Waals surface area contributed by atoms with E-state index in [1.54, 1.807) is 12.4 Å². The van der Waals surface area contributed by atoms with Crippen molar-refractivity contribution < 1.29 is 13.5 Å². The van der Waals surface area contributed by atoms with Crippen LogP contribution in [0.3, 0.4) is 0 Å². The molecule has 0 aliphatic carbocycles. The number of β-amino-alcohol motifs (C(OH)–C–C–N with tert-alkyl or cyclic N) is 1. The molecule has 1 aromatic rings. The van der Waals surface area contributed by atoms with Gasteiger partial charge in [0.05, 0.1) is 11.9 Å². The molecule has 0 radical (unpaired) electrons. The summed E-state index contributed by atoms with van der Waals surface area (Å²) in [6.45, 7) is 1.65. The number of rotatable bonds is 5. The second-order valence-electron chi connectivity index (χ2n) is 5.33. The Labute approximate surface area is 119 Å². The van der Waals surface area contributed by atoms with Crippen molar-refractivity contribution in [2.75, 3.05) is 32.9 Å². The number of likely N-dealkylation sites (tertiary alicyclic amines) is 1. The Kier molecular flexibility index (Phi) is 4.69. The maximum absolute atomic E-state index is 11.9. The van der Waals surface area contributed by atoms with E-state index in [0.29, 0.717) is 19.6 Å². The molecule has 0 saturated carbocycles. The van der Waals surface area contributed by atoms with Gasteiger partial charge in [-0.1, -0.05) is 0 Å². The minimum absolute atomic E-state index is 0.0248. The van der Waals surface area contributed by atoms with Gasteiger partial charge in [0.15, 0.2) is 0 Å². The molecule has 1 aliphatic heterocycles. The van der Waals surface area contributed by atoms with Crippen LogP contribution in [-0.4, -0.2) is 71.7 Å². The third-order valence-corrected chi connectivity index (χ3v) is 5.45. The molecule has 1 saturated heterocycles. The van der Waals surface area contributed by atoms with Gasteiger partial charge in [0.25, 0.3) is 0 Å². The number of nitrogens with zero attached hydrogens (tertiary/aromatic N) is 4. The molecule has 1 aliphatic rings. The molecule has 1 aromatic heterocycles. The van der Waals surface area contributed by atoms with E-state index < -0.39 is 16.1 Å². The Hall–Kier alpha value is -1.09. The van der Waals surface area contributed by atoms with Crippen molar-refractivity contribution in [1.82, 2.24) is 19.2 Å². The first-order valence-electron chi connectivity index (χ1n) is 6.43. The molecule has 0 aromatic carbocycles. The van der Waals surface area contributed by atoms with Crippen molar-refractivity contribution in [2.24, 2.45) is 5.92 Å². The average Bonchev–Trinajstić information content (AvgIpc) is 2.70. The standard InChI is InChI=1S/C12H20N4O3S/c1-15(2)20(18,19)8-11-6-16(7-12(11)17)5-10-3-13-9-14-4-10/h3-4,9,11-12,17H,5-8H2,1-2H3/t11-,12+/m0/s1. The summed E-state index contributed by atoms with van der Waals surface area (Å²) in [6.07, 6.45) is 4.30. The highest BCUT2D eigenvalue weighted by Gasteiger charge is 2.35. The van der Waals surface area contributed by atoms with Gasteiger partial charge in [0, 0.05) is 57.6 Å². The molecule has 2 atom stereocenters. The Morgan fingerprint density at radius 3 is 2.60 bits per heavy atom. The van der Waals surface area contributed by atoms with E-state index in [-0.39, 0.29) is 11.7 Å². The van der Waals surface area contributed by atoms with Gasteiger partial charge in [-0.15, -0.1) is 0 Å². The molecular formula is C12H20N4O3S. The molecule has 2 heterocycles. The summed E-state index contributed by atoms with van der Waals surface area (Å²) < 4.78 is 24.9. The van der Waals surface area contributed by atoms with Crippen molar-refractivity contribution in [1.29, 1.82) is 0 Å². The summed E-state index contributed by atoms with van der Waals surface area (Å²) in [5, 5.41) is 10.0. The van der Waals surface area contributed by atoms with Gasteiger partial charge in [-0.3, -0.25) is 4.90 Å². The summed E-state index contributed by atoms with van der Waals surface area (Å²) in [6, 6.07) is 0. The fourth-order valence-electron chi connectivity index (χ4n) is 2.32. The van der Waals surface area contributed by atoms with E-state index in [9.17, 15) is 13.5 Å². The lowest BCUT2D eigenvalue weighted by atomic mass is 10.1. The van der Waals surface area contributed by atoms with Gasteiger partial charge in [-0.2, -0.15) is 0 Å². The van der Waals surface area contributed by atoms with Crippen LogP contribution in [0.1, 0.15) is 5.56 Å². The topological polar surface area (TPSA) is 86.6 Å². The van der Waals surface area contributed by atoms with Gasteiger partial charge < -0.3 is 5.11 Å². The highest BCUT2D eigenvalue weighted by Crippen LogP contribution is 2.21. The molecule has 1 N–H and O–H groups in total. The van der Waals surface area contributed by atoms with Gasteiger partial charge in [0.1, 0.15) is 6.33 Å². The van der Waals surface area contributed by atoms with Crippen molar-refractivity contribution in [3.05, 3.63) is 24.3 Å². The van der Waals surface area contributed by atoms with E-state index in [1.807, 2.05) is 4.90 Å². The highest BCUT2D eigenvalue weighted by atomic mass is 32.2. The summed E-state index contributed by atoms with van der Waals surface area (Å²) in [7, 11) is -0.270. The van der Waals surface area contributed by atoms with Gasteiger partial charge >= 0.3 is 0 Å². The molecular weight excluding hydrogens is 280 g/mol. The largest absolute Gasteiger partial charge is 0.391 e. The van der Waals surface area contributed by atoms with Crippen molar-refractivity contribution >= 4 is 10.0 Å². The van der Waals surface area contributed by atoms with Gasteiger partial charge in [-0.05, 0) is 0 Å². The first-order valence-corrected chi connectivity index (χ1v) is 8.04. The molecule has 2 rings (SSSR count). The molecule has 20 heavy (non-hydrogen) atoms. The summed E-state index contributed by atoms with van der Waals surface area (Å²) in [4.78, 5) is 9.92. The molecule has 8 heteroatoms. The zero-order valence-electron chi connectivity index (χ0n) is 11.7. The van der Waals surface area contributed by atoms with Crippen LogP contribution in [0.5, 0.6) is 0 Å². The number of aromatic nitrogens is 2. The number of hydrogen-bond acceptors (Lipinski definition) is 6. The van der Waals surface area contributed by atoms with Crippen LogP contribution < -0.4 is 0 Å². The molecule has 0 spiro atoms. The van der Waals surface area contributed by atoms with E-state index in [4.69, 9.17) is 0 Å². The third kappa shape index (κ3) is 3.72. The van der Waals surface area contributed by atoms with Crippen LogP contribution >= 0.6 is 0 Å². The Balaban J connectivity index is 1.96. The van der Waals surface area contributed by atoms with Crippen molar-refractivity contribution in [2.45, 2.75) is 12.6 Å². The van der Waals surface area contributed by atoms with Crippen LogP contribution in [0.15, 0.2) is 18.7 Å². The van der Waals surface area contributed by atoms with Crippen LogP contribution in [0.25, 0.3) is 0 Å². The quantitative estimate of drug-likeness (QED) is 0.763. The van der Waals surface area contributed by atoms with E-state index in [0.717, 1.165) is 5.56 Å². The number of hydrogen-bond donors (Lipinski definition) is 1. The molecule has 7 nitrogen and oxygen atoms in total. The van der Waals surface area contributed by atoms with E-state index in [1.165, 1.54) is 24.7 Å². The molecule has 0 amide bonds. The fraction of sp³-hybridized carbons (Fsp3) is 0.667. The number of aliphatic hydroxyl groups is 1. The summed E-state index contributed by atoms with van der Waals surface area (Å²) in [5.41, 5.74) is 0.954. The minimum atomic E-state index is -3.29. The van der Waals surface area contributed by atoms with Crippen LogP contribution in [-0.2, 0) is 16.6 Å². The van der Waals surface area contributed by atoms with E-state index in [2.05, 4.69) is 9.97 Å². The monoisotopic (exact) mass is 300 g/mol. The lowest BCUT2D eigenvalue weighted by molar-refractivity contribution is 0.148. The van der Waals surface area contributed by atoms with Crippen molar-refractivity contribution in [3.63, 3.8) is 0 Å². The van der Waals surface area contributed by atoms with Crippen LogP contribution in [0.4, 0.5) is 0 Å². The zero-order valence-corrected chi connectivity index (χ0v) is 12.5. The first-order chi connectivity index (χ1) is 9.38. The van der Waals surface area contributed by atoms with Crippen LogP contribution in [0.2, 0.25) is 0 Å². The molecule has 112 valence electrons. The fourth-order valence-corrected chi connectivity index (χ4v) is 3.49. The second kappa shape index (κ2) is 6.13. The SMILES string of the molecule is CN(C)S(=O)(=O)C[C@@H]1CN(Cc2cncnc2)C[C@H]1O. The van der Waals surface area contributed by atoms with E-state index >= 15 is 0 Å². The smallest absolute Gasteiger partial charge is 0.214 e. The first kappa shape index (κ1) is 15.3.